The van der Waals surface area contributed by atoms with Crippen LogP contribution < -0.4 is 10.6 Å². The van der Waals surface area contributed by atoms with Crippen molar-refractivity contribution < 1.29 is 4.39 Å². The molecule has 0 amide bonds. The molecule has 116 valence electrons. The molecule has 0 saturated heterocycles. The van der Waals surface area contributed by atoms with Crippen LogP contribution in [0.25, 0.3) is 0 Å². The summed E-state index contributed by atoms with van der Waals surface area (Å²) in [6.45, 7) is 4.65. The summed E-state index contributed by atoms with van der Waals surface area (Å²) >= 11 is 5.28. The van der Waals surface area contributed by atoms with Crippen molar-refractivity contribution in [1.29, 1.82) is 0 Å². The van der Waals surface area contributed by atoms with Crippen molar-refractivity contribution in [2.45, 2.75) is 26.2 Å². The highest BCUT2D eigenvalue weighted by Crippen LogP contribution is 2.18. The van der Waals surface area contributed by atoms with Gasteiger partial charge in [-0.1, -0.05) is 43.3 Å². The van der Waals surface area contributed by atoms with Crippen molar-refractivity contribution in [2.24, 2.45) is 0 Å². The molecule has 1 atom stereocenters. The van der Waals surface area contributed by atoms with Crippen LogP contribution in [0.2, 0.25) is 0 Å². The Morgan fingerprint density at radius 2 is 1.91 bits per heavy atom. The average molecular weight is 316 g/mol. The SMILES string of the molecule is CC[C@H](CNC(=S)Nc1ccc(C)c(F)c1)c1ccccc1. The summed E-state index contributed by atoms with van der Waals surface area (Å²) in [5.41, 5.74) is 2.58. The molecule has 0 spiro atoms. The van der Waals surface area contributed by atoms with E-state index in [1.165, 1.54) is 11.6 Å². The average Bonchev–Trinajstić information content (AvgIpc) is 2.52. The second kappa shape index (κ2) is 7.90. The molecule has 2 aromatic rings. The van der Waals surface area contributed by atoms with Crippen LogP contribution in [0.4, 0.5) is 10.1 Å². The first-order valence-corrected chi connectivity index (χ1v) is 7.87. The first kappa shape index (κ1) is 16.4. The second-order valence-corrected chi connectivity index (χ2v) is 5.72. The molecule has 0 unspecified atom stereocenters. The highest BCUT2D eigenvalue weighted by Gasteiger charge is 2.09. The lowest BCUT2D eigenvalue weighted by atomic mass is 9.97. The van der Waals surface area contributed by atoms with Gasteiger partial charge in [-0.2, -0.15) is 0 Å². The van der Waals surface area contributed by atoms with E-state index in [4.69, 9.17) is 12.2 Å². The van der Waals surface area contributed by atoms with E-state index in [0.29, 0.717) is 22.3 Å². The molecule has 0 aliphatic heterocycles. The molecule has 22 heavy (non-hydrogen) atoms. The summed E-state index contributed by atoms with van der Waals surface area (Å²) in [5.74, 6) is 0.166. The molecule has 0 fully saturated rings. The molecule has 2 rings (SSSR count). The van der Waals surface area contributed by atoms with E-state index in [9.17, 15) is 4.39 Å². The Labute approximate surface area is 136 Å². The summed E-state index contributed by atoms with van der Waals surface area (Å²) in [6.07, 6.45) is 1.03. The first-order valence-electron chi connectivity index (χ1n) is 7.46. The van der Waals surface area contributed by atoms with Crippen molar-refractivity contribution >= 4 is 23.0 Å². The molecule has 4 heteroatoms. The van der Waals surface area contributed by atoms with Crippen LogP contribution in [0, 0.1) is 12.7 Å². The topological polar surface area (TPSA) is 24.1 Å². The quantitative estimate of drug-likeness (QED) is 0.787. The van der Waals surface area contributed by atoms with Crippen molar-refractivity contribution in [2.75, 3.05) is 11.9 Å². The van der Waals surface area contributed by atoms with Crippen LogP contribution in [-0.2, 0) is 0 Å². The molecular weight excluding hydrogens is 295 g/mol. The number of thiocarbonyl (C=S) groups is 1. The van der Waals surface area contributed by atoms with E-state index in [2.05, 4.69) is 29.7 Å². The Hall–Kier alpha value is -1.94. The largest absolute Gasteiger partial charge is 0.362 e. The molecular formula is C18H21FN2S. The van der Waals surface area contributed by atoms with E-state index < -0.39 is 0 Å². The van der Waals surface area contributed by atoms with E-state index in [0.717, 1.165) is 13.0 Å². The predicted octanol–water partition coefficient (Wildman–Crippen LogP) is 4.61. The van der Waals surface area contributed by atoms with Gasteiger partial charge in [0.25, 0.3) is 0 Å². The second-order valence-electron chi connectivity index (χ2n) is 5.31. The van der Waals surface area contributed by atoms with Crippen LogP contribution in [0.15, 0.2) is 48.5 Å². The van der Waals surface area contributed by atoms with Gasteiger partial charge in [0.15, 0.2) is 5.11 Å². The fourth-order valence-electron chi connectivity index (χ4n) is 2.28. The van der Waals surface area contributed by atoms with Crippen LogP contribution >= 0.6 is 12.2 Å². The van der Waals surface area contributed by atoms with Crippen molar-refractivity contribution in [3.63, 3.8) is 0 Å². The number of hydrogen-bond acceptors (Lipinski definition) is 1. The fourth-order valence-corrected chi connectivity index (χ4v) is 2.49. The van der Waals surface area contributed by atoms with Gasteiger partial charge in [-0.25, -0.2) is 4.39 Å². The van der Waals surface area contributed by atoms with E-state index >= 15 is 0 Å². The third kappa shape index (κ3) is 4.53. The maximum absolute atomic E-state index is 13.5. The van der Waals surface area contributed by atoms with Crippen molar-refractivity contribution in [1.82, 2.24) is 5.32 Å². The Kier molecular flexibility index (Phi) is 5.90. The molecule has 0 radical (unpaired) electrons. The van der Waals surface area contributed by atoms with Crippen LogP contribution in [-0.4, -0.2) is 11.7 Å². The summed E-state index contributed by atoms with van der Waals surface area (Å²) < 4.78 is 13.5. The van der Waals surface area contributed by atoms with Gasteiger partial charge in [0.1, 0.15) is 5.82 Å². The Morgan fingerprint density at radius 1 is 1.18 bits per heavy atom. The van der Waals surface area contributed by atoms with E-state index in [-0.39, 0.29) is 5.82 Å². The van der Waals surface area contributed by atoms with E-state index in [1.807, 2.05) is 24.3 Å². The Bertz CT molecular complexity index is 628. The fraction of sp³-hybridized carbons (Fsp3) is 0.278. The van der Waals surface area contributed by atoms with Crippen LogP contribution in [0.1, 0.15) is 30.4 Å². The third-order valence-electron chi connectivity index (χ3n) is 3.70. The van der Waals surface area contributed by atoms with Gasteiger partial charge in [0.2, 0.25) is 0 Å². The van der Waals surface area contributed by atoms with Crippen molar-refractivity contribution in [3.8, 4) is 0 Å². The van der Waals surface area contributed by atoms with Gasteiger partial charge in [0, 0.05) is 18.2 Å². The van der Waals surface area contributed by atoms with Gasteiger partial charge < -0.3 is 10.6 Å². The lowest BCUT2D eigenvalue weighted by Gasteiger charge is -2.18. The monoisotopic (exact) mass is 316 g/mol. The van der Waals surface area contributed by atoms with Crippen LogP contribution in [0.5, 0.6) is 0 Å². The number of aryl methyl sites for hydroxylation is 1. The summed E-state index contributed by atoms with van der Waals surface area (Å²) in [4.78, 5) is 0. The highest BCUT2D eigenvalue weighted by atomic mass is 32.1. The van der Waals surface area contributed by atoms with Gasteiger partial charge in [-0.3, -0.25) is 0 Å². The number of rotatable bonds is 5. The maximum Gasteiger partial charge on any atom is 0.170 e. The van der Waals surface area contributed by atoms with Gasteiger partial charge in [-0.05, 0) is 48.8 Å². The molecule has 0 heterocycles. The third-order valence-corrected chi connectivity index (χ3v) is 3.95. The van der Waals surface area contributed by atoms with Gasteiger partial charge in [-0.15, -0.1) is 0 Å². The zero-order valence-electron chi connectivity index (χ0n) is 12.9. The smallest absolute Gasteiger partial charge is 0.170 e. The minimum absolute atomic E-state index is 0.233. The molecule has 2 nitrogen and oxygen atoms in total. The molecule has 2 N–H and O–H groups in total. The summed E-state index contributed by atoms with van der Waals surface area (Å²) in [5, 5.41) is 6.75. The van der Waals surface area contributed by atoms with Gasteiger partial charge in [0.05, 0.1) is 0 Å². The highest BCUT2D eigenvalue weighted by molar-refractivity contribution is 7.80. The van der Waals surface area contributed by atoms with Crippen LogP contribution in [0.3, 0.4) is 0 Å². The molecule has 0 saturated carbocycles. The lowest BCUT2D eigenvalue weighted by Crippen LogP contribution is -2.32. The minimum Gasteiger partial charge on any atom is -0.362 e. The number of benzene rings is 2. The molecule has 0 bridgehead atoms. The normalized spacial score (nSPS) is 11.8. The number of nitrogens with one attached hydrogen (secondary N) is 2. The predicted molar refractivity (Wildman–Crippen MR) is 94.8 cm³/mol. The zero-order valence-corrected chi connectivity index (χ0v) is 13.7. The summed E-state index contributed by atoms with van der Waals surface area (Å²) in [6, 6.07) is 15.4. The summed E-state index contributed by atoms with van der Waals surface area (Å²) in [7, 11) is 0. The lowest BCUT2D eigenvalue weighted by molar-refractivity contribution is 0.619. The molecule has 0 aliphatic carbocycles. The maximum atomic E-state index is 13.5. The van der Waals surface area contributed by atoms with Crippen molar-refractivity contribution in [3.05, 3.63) is 65.5 Å². The minimum atomic E-state index is -0.233. The first-order chi connectivity index (χ1) is 10.6. The standard InChI is InChI=1S/C18H21FN2S/c1-3-14(15-7-5-4-6-8-15)12-20-18(22)21-16-10-9-13(2)17(19)11-16/h4-11,14H,3,12H2,1-2H3,(H2,20,21,22)/t14-/m1/s1. The Morgan fingerprint density at radius 3 is 2.55 bits per heavy atom. The number of anilines is 1. The number of hydrogen-bond donors (Lipinski definition) is 2. The van der Waals surface area contributed by atoms with E-state index in [1.54, 1.807) is 13.0 Å². The Balaban J connectivity index is 1.90. The zero-order chi connectivity index (χ0) is 15.9. The molecule has 0 aliphatic rings. The molecule has 2 aromatic carbocycles. The molecule has 0 aromatic heterocycles. The van der Waals surface area contributed by atoms with Gasteiger partial charge >= 0.3 is 0 Å². The number of halogens is 1.